The summed E-state index contributed by atoms with van der Waals surface area (Å²) in [6.45, 7) is 2.51. The number of hydrogen-bond donors (Lipinski definition) is 3. The number of hydrogen-bond acceptors (Lipinski definition) is 7. The highest BCUT2D eigenvalue weighted by molar-refractivity contribution is 5.49. The first-order valence-electron chi connectivity index (χ1n) is 6.53. The molecule has 3 rings (SSSR count). The van der Waals surface area contributed by atoms with Crippen LogP contribution in [0.2, 0.25) is 0 Å². The Morgan fingerprint density at radius 1 is 1.10 bits per heavy atom. The molecule has 7 heteroatoms. The average Bonchev–Trinajstić information content (AvgIpc) is 2.93. The van der Waals surface area contributed by atoms with E-state index >= 15 is 0 Å². The van der Waals surface area contributed by atoms with Crippen LogP contribution in [0.4, 0.5) is 5.82 Å². The van der Waals surface area contributed by atoms with Crippen molar-refractivity contribution in [3.8, 4) is 0 Å². The minimum atomic E-state index is -0.0901. The predicted molar refractivity (Wildman–Crippen MR) is 72.6 cm³/mol. The van der Waals surface area contributed by atoms with Gasteiger partial charge in [-0.3, -0.25) is 9.97 Å². The molecule has 0 amide bonds. The van der Waals surface area contributed by atoms with Gasteiger partial charge in [0, 0.05) is 24.5 Å². The maximum Gasteiger partial charge on any atom is 0.148 e. The van der Waals surface area contributed by atoms with Crippen molar-refractivity contribution in [2.75, 3.05) is 5.43 Å². The summed E-state index contributed by atoms with van der Waals surface area (Å²) < 4.78 is 0. The highest BCUT2D eigenvalue weighted by atomic mass is 16.3. The zero-order valence-electron chi connectivity index (χ0n) is 11.2. The highest BCUT2D eigenvalue weighted by Gasteiger charge is 2.18. The zero-order chi connectivity index (χ0) is 13.9. The van der Waals surface area contributed by atoms with Crippen molar-refractivity contribution in [3.63, 3.8) is 0 Å². The molecule has 0 spiro atoms. The fraction of sp³-hybridized carbons (Fsp3) is 0.385. The Kier molecular flexibility index (Phi) is 3.53. The third-order valence-corrected chi connectivity index (χ3v) is 3.29. The summed E-state index contributed by atoms with van der Waals surface area (Å²) in [5, 5.41) is 9.27. The van der Waals surface area contributed by atoms with Crippen LogP contribution in [0.25, 0.3) is 0 Å². The van der Waals surface area contributed by atoms with E-state index in [9.17, 15) is 5.11 Å². The van der Waals surface area contributed by atoms with Crippen LogP contribution in [-0.4, -0.2) is 25.0 Å². The standard InChI is InChI=1S/C13H16N6O/c1-8-17-10(9-6-16-19-13(9)18-8)2-3-11-12(7-20)15-5-4-14-11/h4-5,16,20H,2-3,6-7H2,1H3,(H,17,18,19). The summed E-state index contributed by atoms with van der Waals surface area (Å²) in [7, 11) is 0. The fourth-order valence-corrected chi connectivity index (χ4v) is 2.34. The molecule has 0 unspecified atom stereocenters. The molecule has 7 nitrogen and oxygen atoms in total. The molecule has 0 aromatic carbocycles. The van der Waals surface area contributed by atoms with Gasteiger partial charge in [-0.2, -0.15) is 0 Å². The number of anilines is 1. The molecule has 2 aromatic heterocycles. The smallest absolute Gasteiger partial charge is 0.148 e. The molecule has 0 bridgehead atoms. The molecule has 0 saturated carbocycles. The van der Waals surface area contributed by atoms with Gasteiger partial charge >= 0.3 is 0 Å². The van der Waals surface area contributed by atoms with Crippen molar-refractivity contribution in [3.05, 3.63) is 40.9 Å². The number of aliphatic hydroxyl groups excluding tert-OH is 1. The molecule has 1 aliphatic heterocycles. The Balaban J connectivity index is 1.82. The van der Waals surface area contributed by atoms with Gasteiger partial charge in [-0.25, -0.2) is 15.4 Å². The molecule has 3 N–H and O–H groups in total. The third-order valence-electron chi connectivity index (χ3n) is 3.29. The Labute approximate surface area is 116 Å². The molecule has 0 atom stereocenters. The lowest BCUT2D eigenvalue weighted by atomic mass is 10.1. The lowest BCUT2D eigenvalue weighted by Crippen LogP contribution is -2.11. The van der Waals surface area contributed by atoms with Gasteiger partial charge in [0.2, 0.25) is 0 Å². The van der Waals surface area contributed by atoms with Gasteiger partial charge in [-0.05, 0) is 19.8 Å². The number of nitrogens with zero attached hydrogens (tertiary/aromatic N) is 4. The second-order valence-electron chi connectivity index (χ2n) is 4.63. The molecular weight excluding hydrogens is 256 g/mol. The van der Waals surface area contributed by atoms with Crippen LogP contribution in [0.1, 0.15) is 28.5 Å². The molecule has 0 radical (unpaired) electrons. The summed E-state index contributed by atoms with van der Waals surface area (Å²) in [5.74, 6) is 1.60. The Bertz CT molecular complexity index is 630. The number of aliphatic hydroxyl groups is 1. The third kappa shape index (κ3) is 2.45. The summed E-state index contributed by atoms with van der Waals surface area (Å²) in [6.07, 6.45) is 4.69. The molecule has 0 aliphatic carbocycles. The normalized spacial score (nSPS) is 13.1. The van der Waals surface area contributed by atoms with Crippen molar-refractivity contribution >= 4 is 5.82 Å². The summed E-state index contributed by atoms with van der Waals surface area (Å²) in [5.41, 5.74) is 9.65. The van der Waals surface area contributed by atoms with Crippen LogP contribution in [-0.2, 0) is 26.0 Å². The average molecular weight is 272 g/mol. The van der Waals surface area contributed by atoms with Crippen molar-refractivity contribution in [1.82, 2.24) is 25.4 Å². The molecule has 104 valence electrons. The SMILES string of the molecule is Cc1nc(CCc2nccnc2CO)c2c(n1)NNC2. The zero-order valence-corrected chi connectivity index (χ0v) is 11.2. The minimum Gasteiger partial charge on any atom is -0.390 e. The van der Waals surface area contributed by atoms with Crippen LogP contribution >= 0.6 is 0 Å². The van der Waals surface area contributed by atoms with E-state index in [1.54, 1.807) is 12.4 Å². The number of nitrogens with one attached hydrogen (secondary N) is 2. The van der Waals surface area contributed by atoms with E-state index in [2.05, 4.69) is 30.8 Å². The summed E-state index contributed by atoms with van der Waals surface area (Å²) in [4.78, 5) is 17.3. The van der Waals surface area contributed by atoms with E-state index in [0.717, 1.165) is 41.6 Å². The van der Waals surface area contributed by atoms with E-state index in [0.29, 0.717) is 12.1 Å². The van der Waals surface area contributed by atoms with Gasteiger partial charge in [-0.15, -0.1) is 0 Å². The first-order chi connectivity index (χ1) is 9.78. The molecule has 20 heavy (non-hydrogen) atoms. The maximum absolute atomic E-state index is 9.27. The van der Waals surface area contributed by atoms with E-state index in [-0.39, 0.29) is 6.61 Å². The van der Waals surface area contributed by atoms with E-state index in [4.69, 9.17) is 0 Å². The second-order valence-corrected chi connectivity index (χ2v) is 4.63. The molecule has 1 aliphatic rings. The Hall–Kier alpha value is -2.12. The van der Waals surface area contributed by atoms with Gasteiger partial charge in [0.1, 0.15) is 11.6 Å². The molecule has 3 heterocycles. The number of hydrazine groups is 1. The van der Waals surface area contributed by atoms with Crippen LogP contribution in [0.5, 0.6) is 0 Å². The number of rotatable bonds is 4. The molecule has 2 aromatic rings. The van der Waals surface area contributed by atoms with Gasteiger partial charge in [0.05, 0.1) is 23.7 Å². The highest BCUT2D eigenvalue weighted by Crippen LogP contribution is 2.21. The maximum atomic E-state index is 9.27. The first-order valence-corrected chi connectivity index (χ1v) is 6.53. The van der Waals surface area contributed by atoms with Crippen molar-refractivity contribution < 1.29 is 5.11 Å². The van der Waals surface area contributed by atoms with Crippen LogP contribution in [0, 0.1) is 6.92 Å². The summed E-state index contributed by atoms with van der Waals surface area (Å²) in [6, 6.07) is 0. The topological polar surface area (TPSA) is 95.9 Å². The Morgan fingerprint density at radius 2 is 1.85 bits per heavy atom. The van der Waals surface area contributed by atoms with Gasteiger partial charge < -0.3 is 10.5 Å². The van der Waals surface area contributed by atoms with E-state index < -0.39 is 0 Å². The van der Waals surface area contributed by atoms with Crippen LogP contribution in [0.3, 0.4) is 0 Å². The second kappa shape index (κ2) is 5.48. The minimum absolute atomic E-state index is 0.0901. The van der Waals surface area contributed by atoms with Gasteiger partial charge in [-0.1, -0.05) is 0 Å². The first kappa shape index (κ1) is 12.9. The van der Waals surface area contributed by atoms with Crippen molar-refractivity contribution in [2.24, 2.45) is 0 Å². The number of aryl methyl sites for hydroxylation is 3. The monoisotopic (exact) mass is 272 g/mol. The van der Waals surface area contributed by atoms with E-state index in [1.165, 1.54) is 0 Å². The molecule has 0 fully saturated rings. The largest absolute Gasteiger partial charge is 0.390 e. The number of fused-ring (bicyclic) bond motifs is 1. The number of aromatic nitrogens is 4. The molecular formula is C13H16N6O. The lowest BCUT2D eigenvalue weighted by Gasteiger charge is -2.08. The van der Waals surface area contributed by atoms with Crippen LogP contribution in [0.15, 0.2) is 12.4 Å². The predicted octanol–water partition coefficient (Wildman–Crippen LogP) is 0.283. The van der Waals surface area contributed by atoms with Crippen molar-refractivity contribution in [1.29, 1.82) is 0 Å². The van der Waals surface area contributed by atoms with Gasteiger partial charge in [0.25, 0.3) is 0 Å². The molecule has 0 saturated heterocycles. The Morgan fingerprint density at radius 3 is 2.65 bits per heavy atom. The summed E-state index contributed by atoms with van der Waals surface area (Å²) >= 11 is 0. The quantitative estimate of drug-likeness (QED) is 0.735. The van der Waals surface area contributed by atoms with Gasteiger partial charge in [0.15, 0.2) is 0 Å². The van der Waals surface area contributed by atoms with Crippen LogP contribution < -0.4 is 10.9 Å². The van der Waals surface area contributed by atoms with E-state index in [1.807, 2.05) is 6.92 Å². The fourth-order valence-electron chi connectivity index (χ4n) is 2.34. The lowest BCUT2D eigenvalue weighted by molar-refractivity contribution is 0.274. The van der Waals surface area contributed by atoms with Crippen molar-refractivity contribution in [2.45, 2.75) is 32.9 Å².